The number of hydrogen-bond acceptors (Lipinski definition) is 2. The number of fused-ring (bicyclic) bond motifs is 1. The summed E-state index contributed by atoms with van der Waals surface area (Å²) in [6.07, 6.45) is 12.6. The van der Waals surface area contributed by atoms with Crippen LogP contribution >= 0.6 is 0 Å². The molecule has 0 fully saturated rings. The zero-order chi connectivity index (χ0) is 14.4. The van der Waals surface area contributed by atoms with E-state index in [0.29, 0.717) is 0 Å². The summed E-state index contributed by atoms with van der Waals surface area (Å²) >= 11 is 0. The van der Waals surface area contributed by atoms with Crippen molar-refractivity contribution >= 4 is 11.2 Å². The highest BCUT2D eigenvalue weighted by Crippen LogP contribution is 2.37. The normalized spacial score (nSPS) is 14.6. The summed E-state index contributed by atoms with van der Waals surface area (Å²) in [6.45, 7) is 6.94. The molecule has 0 aromatic carbocycles. The summed E-state index contributed by atoms with van der Waals surface area (Å²) in [5, 5.41) is 0. The van der Waals surface area contributed by atoms with Crippen LogP contribution in [0.15, 0.2) is 18.6 Å². The van der Waals surface area contributed by atoms with Crippen molar-refractivity contribution in [3.63, 3.8) is 0 Å². The molecule has 3 heteroatoms. The van der Waals surface area contributed by atoms with E-state index in [1.165, 1.54) is 50.5 Å². The van der Waals surface area contributed by atoms with Gasteiger partial charge >= 0.3 is 0 Å². The molecule has 0 spiro atoms. The quantitative estimate of drug-likeness (QED) is 0.689. The van der Waals surface area contributed by atoms with E-state index in [1.807, 2.05) is 6.20 Å². The number of imidazole rings is 1. The number of unbranched alkanes of at least 4 members (excludes halogenated alkanes) is 3. The summed E-state index contributed by atoms with van der Waals surface area (Å²) in [5.74, 6) is 0. The van der Waals surface area contributed by atoms with E-state index in [1.54, 1.807) is 6.33 Å². The third kappa shape index (κ3) is 3.20. The molecule has 20 heavy (non-hydrogen) atoms. The molecule has 110 valence electrons. The molecule has 0 amide bonds. The highest BCUT2D eigenvalue weighted by molar-refractivity contribution is 5.75. The van der Waals surface area contributed by atoms with E-state index >= 15 is 0 Å². The minimum Gasteiger partial charge on any atom is -0.343 e. The molecule has 2 rings (SSSR count). The summed E-state index contributed by atoms with van der Waals surface area (Å²) in [5.41, 5.74) is 3.59. The molecular weight excluding hydrogens is 246 g/mol. The van der Waals surface area contributed by atoms with Crippen molar-refractivity contribution in [2.24, 2.45) is 0 Å². The number of aromatic amines is 1. The van der Waals surface area contributed by atoms with Gasteiger partial charge in [-0.3, -0.25) is 0 Å². The Kier molecular flexibility index (Phi) is 5.16. The van der Waals surface area contributed by atoms with Crippen LogP contribution in [0.4, 0.5) is 0 Å². The van der Waals surface area contributed by atoms with Gasteiger partial charge in [0.25, 0.3) is 0 Å². The lowest BCUT2D eigenvalue weighted by atomic mass is 9.74. The number of hydrogen-bond donors (Lipinski definition) is 1. The second kappa shape index (κ2) is 6.87. The molecule has 2 aromatic rings. The van der Waals surface area contributed by atoms with Crippen LogP contribution in [0.3, 0.4) is 0 Å². The fraction of sp³-hybridized carbons (Fsp3) is 0.647. The molecule has 3 nitrogen and oxygen atoms in total. The molecule has 2 aromatic heterocycles. The molecule has 1 atom stereocenters. The second-order valence-corrected chi connectivity index (χ2v) is 6.08. The highest BCUT2D eigenvalue weighted by atomic mass is 14.9. The second-order valence-electron chi connectivity index (χ2n) is 6.08. The van der Waals surface area contributed by atoms with Gasteiger partial charge < -0.3 is 4.98 Å². The van der Waals surface area contributed by atoms with Crippen molar-refractivity contribution in [1.29, 1.82) is 0 Å². The van der Waals surface area contributed by atoms with E-state index in [0.717, 1.165) is 11.2 Å². The van der Waals surface area contributed by atoms with E-state index in [4.69, 9.17) is 0 Å². The van der Waals surface area contributed by atoms with E-state index in [-0.39, 0.29) is 5.41 Å². The Labute approximate surface area is 122 Å². The van der Waals surface area contributed by atoms with E-state index in [2.05, 4.69) is 41.8 Å². The molecule has 0 aliphatic rings. The average Bonchev–Trinajstić information content (AvgIpc) is 2.92. The molecule has 0 saturated heterocycles. The Morgan fingerprint density at radius 1 is 1.05 bits per heavy atom. The van der Waals surface area contributed by atoms with Crippen molar-refractivity contribution < 1.29 is 0 Å². The van der Waals surface area contributed by atoms with Crippen LogP contribution < -0.4 is 0 Å². The lowest BCUT2D eigenvalue weighted by Gasteiger charge is -2.30. The Bertz CT molecular complexity index is 532. The number of aromatic nitrogens is 3. The molecule has 1 N–H and O–H groups in total. The molecule has 0 bridgehead atoms. The topological polar surface area (TPSA) is 41.6 Å². The smallest absolute Gasteiger partial charge is 0.177 e. The molecule has 1 unspecified atom stereocenters. The predicted octanol–water partition coefficient (Wildman–Crippen LogP) is 4.99. The first kappa shape index (κ1) is 15.0. The van der Waals surface area contributed by atoms with Crippen molar-refractivity contribution in [3.8, 4) is 0 Å². The molecule has 0 radical (unpaired) electrons. The standard InChI is InChI=1S/C17H27N3/c1-4-6-7-8-11-17(3,10-5-2)14-9-12-18-16-15(14)19-13-20-16/h9,12-13H,4-8,10-11H2,1-3H3,(H,18,19,20). The first-order valence-electron chi connectivity index (χ1n) is 8.00. The van der Waals surface area contributed by atoms with Crippen molar-refractivity contribution in [3.05, 3.63) is 24.2 Å². The lowest BCUT2D eigenvalue weighted by Crippen LogP contribution is -2.22. The van der Waals surface area contributed by atoms with Crippen LogP contribution in [0.1, 0.15) is 71.3 Å². The Morgan fingerprint density at radius 2 is 1.90 bits per heavy atom. The Balaban J connectivity index is 2.24. The van der Waals surface area contributed by atoms with Crippen molar-refractivity contribution in [1.82, 2.24) is 15.0 Å². The van der Waals surface area contributed by atoms with E-state index in [9.17, 15) is 0 Å². The van der Waals surface area contributed by atoms with Gasteiger partial charge in [-0.1, -0.05) is 52.9 Å². The van der Waals surface area contributed by atoms with Gasteiger partial charge in [-0.15, -0.1) is 0 Å². The molecule has 0 aliphatic heterocycles. The first-order valence-corrected chi connectivity index (χ1v) is 8.00. The fourth-order valence-electron chi connectivity index (χ4n) is 3.24. The van der Waals surface area contributed by atoms with Gasteiger partial charge in [0, 0.05) is 6.20 Å². The summed E-state index contributed by atoms with van der Waals surface area (Å²) in [6, 6.07) is 2.18. The van der Waals surface area contributed by atoms with Gasteiger partial charge in [0.2, 0.25) is 0 Å². The average molecular weight is 273 g/mol. The maximum atomic E-state index is 4.34. The SMILES string of the molecule is CCCCCCC(C)(CCC)c1ccnc2nc[nH]c12. The van der Waals surface area contributed by atoms with Crippen LogP contribution in [0.25, 0.3) is 11.2 Å². The monoisotopic (exact) mass is 273 g/mol. The number of rotatable bonds is 8. The molecule has 0 aliphatic carbocycles. The third-order valence-corrected chi connectivity index (χ3v) is 4.36. The van der Waals surface area contributed by atoms with Crippen LogP contribution in [0, 0.1) is 0 Å². The Hall–Kier alpha value is -1.38. The Morgan fingerprint density at radius 3 is 2.65 bits per heavy atom. The van der Waals surface area contributed by atoms with Crippen LogP contribution in [0.2, 0.25) is 0 Å². The number of H-pyrrole nitrogens is 1. The van der Waals surface area contributed by atoms with Crippen LogP contribution in [0.5, 0.6) is 0 Å². The summed E-state index contributed by atoms with van der Waals surface area (Å²) in [4.78, 5) is 11.9. The minimum absolute atomic E-state index is 0.232. The summed E-state index contributed by atoms with van der Waals surface area (Å²) < 4.78 is 0. The van der Waals surface area contributed by atoms with Crippen LogP contribution in [-0.4, -0.2) is 15.0 Å². The van der Waals surface area contributed by atoms with E-state index < -0.39 is 0 Å². The van der Waals surface area contributed by atoms with Gasteiger partial charge in [0.1, 0.15) is 0 Å². The van der Waals surface area contributed by atoms with Gasteiger partial charge in [0.05, 0.1) is 11.8 Å². The molecular formula is C17H27N3. The van der Waals surface area contributed by atoms with Crippen molar-refractivity contribution in [2.45, 2.75) is 71.1 Å². The summed E-state index contributed by atoms with van der Waals surface area (Å²) in [7, 11) is 0. The maximum absolute atomic E-state index is 4.34. The van der Waals surface area contributed by atoms with Gasteiger partial charge in [-0.05, 0) is 29.9 Å². The lowest BCUT2D eigenvalue weighted by molar-refractivity contribution is 0.379. The van der Waals surface area contributed by atoms with Crippen LogP contribution in [-0.2, 0) is 5.41 Å². The van der Waals surface area contributed by atoms with Crippen molar-refractivity contribution in [2.75, 3.05) is 0 Å². The number of nitrogens with zero attached hydrogens (tertiary/aromatic N) is 2. The molecule has 0 saturated carbocycles. The fourth-order valence-corrected chi connectivity index (χ4v) is 3.24. The van der Waals surface area contributed by atoms with Gasteiger partial charge in [-0.25, -0.2) is 9.97 Å². The number of nitrogens with one attached hydrogen (secondary N) is 1. The van der Waals surface area contributed by atoms with Gasteiger partial charge in [0.15, 0.2) is 5.65 Å². The predicted molar refractivity (Wildman–Crippen MR) is 84.9 cm³/mol. The third-order valence-electron chi connectivity index (χ3n) is 4.36. The minimum atomic E-state index is 0.232. The largest absolute Gasteiger partial charge is 0.343 e. The van der Waals surface area contributed by atoms with Gasteiger partial charge in [-0.2, -0.15) is 0 Å². The number of pyridine rings is 1. The maximum Gasteiger partial charge on any atom is 0.177 e. The first-order chi connectivity index (χ1) is 9.71. The highest BCUT2D eigenvalue weighted by Gasteiger charge is 2.27. The zero-order valence-electron chi connectivity index (χ0n) is 13.1. The zero-order valence-corrected chi connectivity index (χ0v) is 13.1. The molecule has 2 heterocycles.